The SMILES string of the molecule is O=C(O)CCc1cc(Cl)c(NC(=O)CNC(=O)c2cccc(NC3CCCN3)c2)c(Br)c1O. The quantitative estimate of drug-likeness (QED) is 0.287. The Bertz CT molecular complexity index is 1060. The van der Waals surface area contributed by atoms with Gasteiger partial charge in [0.05, 0.1) is 27.9 Å². The second kappa shape index (κ2) is 11.4. The van der Waals surface area contributed by atoms with Crippen molar-refractivity contribution >= 4 is 56.7 Å². The molecule has 0 aromatic heterocycles. The van der Waals surface area contributed by atoms with E-state index in [0.717, 1.165) is 25.1 Å². The molecule has 2 aromatic carbocycles. The zero-order valence-electron chi connectivity index (χ0n) is 17.6. The van der Waals surface area contributed by atoms with Gasteiger partial charge in [-0.25, -0.2) is 0 Å². The van der Waals surface area contributed by atoms with Crippen molar-refractivity contribution < 1.29 is 24.6 Å². The zero-order chi connectivity index (χ0) is 24.0. The fraction of sp³-hybridized carbons (Fsp3) is 0.318. The minimum absolute atomic E-state index is 0.0779. The van der Waals surface area contributed by atoms with E-state index in [9.17, 15) is 19.5 Å². The summed E-state index contributed by atoms with van der Waals surface area (Å²) in [6, 6.07) is 8.40. The lowest BCUT2D eigenvalue weighted by atomic mass is 10.1. The molecule has 1 fully saturated rings. The molecule has 0 radical (unpaired) electrons. The lowest BCUT2D eigenvalue weighted by Gasteiger charge is -2.15. The molecule has 0 bridgehead atoms. The minimum atomic E-state index is -1.01. The van der Waals surface area contributed by atoms with E-state index in [4.69, 9.17) is 16.7 Å². The van der Waals surface area contributed by atoms with Crippen molar-refractivity contribution in [3.63, 3.8) is 0 Å². The summed E-state index contributed by atoms with van der Waals surface area (Å²) in [5.41, 5.74) is 1.68. The molecule has 2 aromatic rings. The van der Waals surface area contributed by atoms with Crippen LogP contribution in [0.2, 0.25) is 5.02 Å². The lowest BCUT2D eigenvalue weighted by molar-refractivity contribution is -0.137. The fourth-order valence-electron chi connectivity index (χ4n) is 3.41. The van der Waals surface area contributed by atoms with Crippen molar-refractivity contribution in [2.45, 2.75) is 31.8 Å². The molecule has 33 heavy (non-hydrogen) atoms. The van der Waals surface area contributed by atoms with Crippen molar-refractivity contribution in [3.05, 3.63) is 51.0 Å². The van der Waals surface area contributed by atoms with Gasteiger partial charge in [0, 0.05) is 17.7 Å². The molecule has 2 amide bonds. The topological polar surface area (TPSA) is 140 Å². The number of aliphatic carboxylic acids is 1. The Balaban J connectivity index is 1.58. The highest BCUT2D eigenvalue weighted by atomic mass is 79.9. The Labute approximate surface area is 204 Å². The van der Waals surface area contributed by atoms with Crippen LogP contribution in [0.15, 0.2) is 34.8 Å². The molecule has 1 aliphatic rings. The van der Waals surface area contributed by atoms with E-state index in [1.165, 1.54) is 6.07 Å². The Morgan fingerprint density at radius 2 is 2.03 bits per heavy atom. The zero-order valence-corrected chi connectivity index (χ0v) is 19.9. The molecule has 3 rings (SSSR count). The van der Waals surface area contributed by atoms with Gasteiger partial charge in [0.1, 0.15) is 5.75 Å². The van der Waals surface area contributed by atoms with Crippen LogP contribution in [0.3, 0.4) is 0 Å². The summed E-state index contributed by atoms with van der Waals surface area (Å²) in [5.74, 6) is -2.18. The summed E-state index contributed by atoms with van der Waals surface area (Å²) in [5, 5.41) is 31.0. The van der Waals surface area contributed by atoms with Gasteiger partial charge in [-0.3, -0.25) is 19.7 Å². The van der Waals surface area contributed by atoms with Gasteiger partial charge in [-0.05, 0) is 71.6 Å². The Kier molecular flexibility index (Phi) is 8.54. The molecule has 1 heterocycles. The third-order valence-corrected chi connectivity index (χ3v) is 6.15. The number of aryl methyl sites for hydroxylation is 1. The highest BCUT2D eigenvalue weighted by molar-refractivity contribution is 9.10. The molecular formula is C22H24BrClN4O5. The van der Waals surface area contributed by atoms with E-state index in [1.807, 2.05) is 6.07 Å². The maximum atomic E-state index is 12.5. The summed E-state index contributed by atoms with van der Waals surface area (Å²) in [6.45, 7) is 0.640. The summed E-state index contributed by atoms with van der Waals surface area (Å²) in [4.78, 5) is 35.6. The molecule has 11 heteroatoms. The number of carboxylic acids is 1. The van der Waals surface area contributed by atoms with E-state index >= 15 is 0 Å². The monoisotopic (exact) mass is 538 g/mol. The molecular weight excluding hydrogens is 516 g/mol. The number of phenols is 1. The molecule has 1 aliphatic heterocycles. The Morgan fingerprint density at radius 1 is 1.24 bits per heavy atom. The minimum Gasteiger partial charge on any atom is -0.506 e. The average molecular weight is 540 g/mol. The molecule has 176 valence electrons. The normalized spacial score (nSPS) is 15.2. The highest BCUT2D eigenvalue weighted by Gasteiger charge is 2.19. The van der Waals surface area contributed by atoms with Crippen LogP contribution in [-0.2, 0) is 16.0 Å². The van der Waals surface area contributed by atoms with Gasteiger partial charge in [-0.2, -0.15) is 0 Å². The van der Waals surface area contributed by atoms with Gasteiger partial charge < -0.3 is 26.2 Å². The first kappa shape index (κ1) is 24.8. The van der Waals surface area contributed by atoms with Crippen LogP contribution in [0, 0.1) is 0 Å². The van der Waals surface area contributed by atoms with Gasteiger partial charge in [-0.1, -0.05) is 17.7 Å². The summed E-state index contributed by atoms with van der Waals surface area (Å²) < 4.78 is 0.134. The van der Waals surface area contributed by atoms with E-state index in [2.05, 4.69) is 37.2 Å². The molecule has 1 atom stereocenters. The molecule has 6 N–H and O–H groups in total. The molecule has 1 saturated heterocycles. The number of rotatable bonds is 9. The number of carbonyl (C=O) groups excluding carboxylic acids is 2. The number of phenolic OH excluding ortho intramolecular Hbond substituents is 1. The van der Waals surface area contributed by atoms with Crippen LogP contribution in [0.4, 0.5) is 11.4 Å². The summed E-state index contributed by atoms with van der Waals surface area (Å²) in [7, 11) is 0. The van der Waals surface area contributed by atoms with Crippen LogP contribution in [0.1, 0.15) is 35.2 Å². The number of hydrogen-bond acceptors (Lipinski definition) is 6. The first-order chi connectivity index (χ1) is 15.7. The Hall–Kier alpha value is -2.82. The van der Waals surface area contributed by atoms with Crippen LogP contribution < -0.4 is 21.3 Å². The number of benzene rings is 2. The van der Waals surface area contributed by atoms with Crippen LogP contribution in [0.25, 0.3) is 0 Å². The highest BCUT2D eigenvalue weighted by Crippen LogP contribution is 2.40. The van der Waals surface area contributed by atoms with Crippen molar-refractivity contribution in [1.29, 1.82) is 0 Å². The third kappa shape index (κ3) is 6.83. The van der Waals surface area contributed by atoms with Crippen molar-refractivity contribution in [2.75, 3.05) is 23.7 Å². The number of amides is 2. The number of halogens is 2. The van der Waals surface area contributed by atoms with Gasteiger partial charge in [0.2, 0.25) is 5.91 Å². The number of anilines is 2. The fourth-order valence-corrected chi connectivity index (χ4v) is 4.36. The number of carboxylic acid groups (broad SMARTS) is 1. The summed E-state index contributed by atoms with van der Waals surface area (Å²) in [6.07, 6.45) is 2.17. The van der Waals surface area contributed by atoms with E-state index in [1.54, 1.807) is 18.2 Å². The van der Waals surface area contributed by atoms with E-state index in [0.29, 0.717) is 11.1 Å². The van der Waals surface area contributed by atoms with Crippen molar-refractivity contribution in [1.82, 2.24) is 10.6 Å². The second-order valence-corrected chi connectivity index (χ2v) is 8.75. The molecule has 0 saturated carbocycles. The van der Waals surface area contributed by atoms with Crippen LogP contribution in [0.5, 0.6) is 5.75 Å². The third-order valence-electron chi connectivity index (χ3n) is 5.08. The lowest BCUT2D eigenvalue weighted by Crippen LogP contribution is -2.33. The Morgan fingerprint density at radius 3 is 2.73 bits per heavy atom. The smallest absolute Gasteiger partial charge is 0.303 e. The molecule has 1 unspecified atom stereocenters. The van der Waals surface area contributed by atoms with Crippen molar-refractivity contribution in [3.8, 4) is 5.75 Å². The number of hydrogen-bond donors (Lipinski definition) is 6. The van der Waals surface area contributed by atoms with Gasteiger partial charge in [0.15, 0.2) is 0 Å². The van der Waals surface area contributed by atoms with E-state index < -0.39 is 17.8 Å². The van der Waals surface area contributed by atoms with Gasteiger partial charge in [-0.15, -0.1) is 0 Å². The first-order valence-corrected chi connectivity index (χ1v) is 11.5. The standard InChI is InChI=1S/C22H24BrClN4O5/c23-19-20(15(24)10-12(21(19)32)6-7-18(30)31)28-17(29)11-26-22(33)13-3-1-4-14(9-13)27-16-5-2-8-25-16/h1,3-4,9-10,16,25,27,32H,2,5-8,11H2,(H,26,33)(H,28,29)(H,30,31). The van der Waals surface area contributed by atoms with Crippen LogP contribution >= 0.6 is 27.5 Å². The van der Waals surface area contributed by atoms with E-state index in [-0.39, 0.29) is 46.5 Å². The first-order valence-electron chi connectivity index (χ1n) is 10.3. The predicted molar refractivity (Wildman–Crippen MR) is 129 cm³/mol. The predicted octanol–water partition coefficient (Wildman–Crippen LogP) is 3.32. The maximum Gasteiger partial charge on any atom is 0.303 e. The number of aromatic hydroxyl groups is 1. The van der Waals surface area contributed by atoms with Gasteiger partial charge >= 0.3 is 5.97 Å². The van der Waals surface area contributed by atoms with Crippen LogP contribution in [-0.4, -0.2) is 47.3 Å². The summed E-state index contributed by atoms with van der Waals surface area (Å²) >= 11 is 9.39. The van der Waals surface area contributed by atoms with Gasteiger partial charge in [0.25, 0.3) is 5.91 Å². The number of nitrogens with one attached hydrogen (secondary N) is 4. The molecule has 9 nitrogen and oxygen atoms in total. The molecule has 0 aliphatic carbocycles. The number of carbonyl (C=O) groups is 3. The largest absolute Gasteiger partial charge is 0.506 e. The second-order valence-electron chi connectivity index (χ2n) is 7.55. The molecule has 0 spiro atoms. The average Bonchev–Trinajstić information content (AvgIpc) is 3.29. The van der Waals surface area contributed by atoms with Crippen molar-refractivity contribution in [2.24, 2.45) is 0 Å². The maximum absolute atomic E-state index is 12.5.